The normalized spacial score (nSPS) is 14.8. The highest BCUT2D eigenvalue weighted by molar-refractivity contribution is 6.31. The summed E-state index contributed by atoms with van der Waals surface area (Å²) < 4.78 is 16.2. The molecule has 3 rings (SSSR count). The second-order valence-corrected chi connectivity index (χ2v) is 5.75. The van der Waals surface area contributed by atoms with Crippen molar-refractivity contribution < 1.29 is 19.0 Å². The van der Waals surface area contributed by atoms with Crippen molar-refractivity contribution in [2.75, 3.05) is 13.7 Å². The van der Waals surface area contributed by atoms with Crippen molar-refractivity contribution in [2.45, 2.75) is 0 Å². The summed E-state index contributed by atoms with van der Waals surface area (Å²) in [5.41, 5.74) is 1.38. The zero-order valence-corrected chi connectivity index (χ0v) is 14.8. The number of aliphatic imine (C=N–C) groups is 1. The number of para-hydroxylation sites is 1. The standard InChI is InChI=1S/C20H16ClNO4/c1-3-10-25-17-7-5-4-6-13(17)11-16-20(23)26-19(22-16)15-12-14(21)8-9-18(15)24-2/h3-9,11-12H,1,10H2,2H3/b16-11+. The number of benzene rings is 2. The minimum Gasteiger partial charge on any atom is -0.496 e. The Hall–Kier alpha value is -3.05. The Labute approximate surface area is 156 Å². The summed E-state index contributed by atoms with van der Waals surface area (Å²) >= 11 is 6.03. The lowest BCUT2D eigenvalue weighted by atomic mass is 10.1. The predicted molar refractivity (Wildman–Crippen MR) is 101 cm³/mol. The SMILES string of the molecule is C=CCOc1ccccc1/C=C1/N=C(c2cc(Cl)ccc2OC)OC1=O. The molecule has 1 heterocycles. The number of halogens is 1. The summed E-state index contributed by atoms with van der Waals surface area (Å²) in [6.45, 7) is 3.99. The van der Waals surface area contributed by atoms with Gasteiger partial charge in [-0.25, -0.2) is 9.79 Å². The molecule has 2 aromatic carbocycles. The third kappa shape index (κ3) is 3.78. The van der Waals surface area contributed by atoms with Crippen LogP contribution in [0.15, 0.2) is 65.8 Å². The van der Waals surface area contributed by atoms with Gasteiger partial charge in [-0.3, -0.25) is 0 Å². The number of ether oxygens (including phenoxy) is 3. The summed E-state index contributed by atoms with van der Waals surface area (Å²) in [6.07, 6.45) is 3.26. The van der Waals surface area contributed by atoms with Crippen LogP contribution in [0.3, 0.4) is 0 Å². The van der Waals surface area contributed by atoms with Gasteiger partial charge in [-0.05, 0) is 30.3 Å². The first-order valence-corrected chi connectivity index (χ1v) is 8.19. The zero-order chi connectivity index (χ0) is 18.5. The first kappa shape index (κ1) is 17.8. The van der Waals surface area contributed by atoms with Crippen LogP contribution < -0.4 is 9.47 Å². The molecule has 5 nitrogen and oxygen atoms in total. The number of nitrogens with zero attached hydrogens (tertiary/aromatic N) is 1. The Kier molecular flexibility index (Phi) is 5.39. The molecule has 132 valence electrons. The monoisotopic (exact) mass is 369 g/mol. The quantitative estimate of drug-likeness (QED) is 0.433. The molecule has 6 heteroatoms. The summed E-state index contributed by atoms with van der Waals surface area (Å²) in [5.74, 6) is 0.722. The molecule has 0 spiro atoms. The van der Waals surface area contributed by atoms with Crippen molar-refractivity contribution in [1.82, 2.24) is 0 Å². The molecule has 0 fully saturated rings. The highest BCUT2D eigenvalue weighted by Crippen LogP contribution is 2.29. The Balaban J connectivity index is 1.98. The molecule has 0 atom stereocenters. The van der Waals surface area contributed by atoms with Crippen molar-refractivity contribution in [2.24, 2.45) is 4.99 Å². The maximum atomic E-state index is 12.2. The molecular formula is C20H16ClNO4. The number of carbonyl (C=O) groups excluding carboxylic acids is 1. The summed E-state index contributed by atoms with van der Waals surface area (Å²) in [7, 11) is 1.52. The highest BCUT2D eigenvalue weighted by Gasteiger charge is 2.26. The molecule has 1 aliphatic rings. The molecule has 0 aromatic heterocycles. The van der Waals surface area contributed by atoms with Crippen LogP contribution in [-0.4, -0.2) is 25.6 Å². The van der Waals surface area contributed by atoms with Crippen molar-refractivity contribution in [3.05, 3.63) is 77.0 Å². The molecule has 26 heavy (non-hydrogen) atoms. The molecular weight excluding hydrogens is 354 g/mol. The smallest absolute Gasteiger partial charge is 0.363 e. The lowest BCUT2D eigenvalue weighted by Crippen LogP contribution is -2.07. The molecule has 0 saturated heterocycles. The predicted octanol–water partition coefficient (Wildman–Crippen LogP) is 4.26. The van der Waals surface area contributed by atoms with E-state index in [1.54, 1.807) is 36.4 Å². The van der Waals surface area contributed by atoms with Crippen LogP contribution in [-0.2, 0) is 9.53 Å². The van der Waals surface area contributed by atoms with Crippen LogP contribution >= 0.6 is 11.6 Å². The van der Waals surface area contributed by atoms with E-state index in [9.17, 15) is 4.79 Å². The fourth-order valence-corrected chi connectivity index (χ4v) is 2.57. The van der Waals surface area contributed by atoms with E-state index >= 15 is 0 Å². The van der Waals surface area contributed by atoms with Gasteiger partial charge < -0.3 is 14.2 Å². The van der Waals surface area contributed by atoms with Gasteiger partial charge in [0.15, 0.2) is 5.70 Å². The minimum atomic E-state index is -0.555. The fourth-order valence-electron chi connectivity index (χ4n) is 2.40. The number of rotatable bonds is 6. The average Bonchev–Trinajstić information content (AvgIpc) is 3.01. The fraction of sp³-hybridized carbons (Fsp3) is 0.100. The van der Waals surface area contributed by atoms with Gasteiger partial charge in [0.2, 0.25) is 5.90 Å². The Morgan fingerprint density at radius 2 is 2.04 bits per heavy atom. The average molecular weight is 370 g/mol. The zero-order valence-electron chi connectivity index (χ0n) is 14.1. The third-order valence-electron chi connectivity index (χ3n) is 3.58. The van der Waals surface area contributed by atoms with Crippen LogP contribution in [0, 0.1) is 0 Å². The second-order valence-electron chi connectivity index (χ2n) is 5.32. The van der Waals surface area contributed by atoms with E-state index in [1.807, 2.05) is 18.2 Å². The molecule has 0 bridgehead atoms. The molecule has 0 amide bonds. The number of esters is 1. The summed E-state index contributed by atoms with van der Waals surface area (Å²) in [6, 6.07) is 12.3. The molecule has 0 N–H and O–H groups in total. The third-order valence-corrected chi connectivity index (χ3v) is 3.82. The van der Waals surface area contributed by atoms with Crippen molar-refractivity contribution >= 4 is 29.5 Å². The van der Waals surface area contributed by atoms with Gasteiger partial charge in [-0.2, -0.15) is 0 Å². The number of carbonyl (C=O) groups is 1. The molecule has 0 saturated carbocycles. The summed E-state index contributed by atoms with van der Waals surface area (Å²) in [4.78, 5) is 16.5. The molecule has 1 aliphatic heterocycles. The lowest BCUT2D eigenvalue weighted by molar-refractivity contribution is -0.129. The van der Waals surface area contributed by atoms with Crippen molar-refractivity contribution in [3.8, 4) is 11.5 Å². The largest absolute Gasteiger partial charge is 0.496 e. The second kappa shape index (κ2) is 7.89. The van der Waals surface area contributed by atoms with Crippen LogP contribution in [0.5, 0.6) is 11.5 Å². The maximum Gasteiger partial charge on any atom is 0.363 e. The van der Waals surface area contributed by atoms with Crippen LogP contribution in [0.1, 0.15) is 11.1 Å². The van der Waals surface area contributed by atoms with Gasteiger partial charge in [0.05, 0.1) is 12.7 Å². The highest BCUT2D eigenvalue weighted by atomic mass is 35.5. The number of cyclic esters (lactones) is 1. The van der Waals surface area contributed by atoms with E-state index in [2.05, 4.69) is 11.6 Å². The Morgan fingerprint density at radius 3 is 2.81 bits per heavy atom. The van der Waals surface area contributed by atoms with Gasteiger partial charge >= 0.3 is 5.97 Å². The van der Waals surface area contributed by atoms with E-state index in [1.165, 1.54) is 7.11 Å². The topological polar surface area (TPSA) is 57.1 Å². The number of hydrogen-bond acceptors (Lipinski definition) is 5. The van der Waals surface area contributed by atoms with Gasteiger partial charge in [0.1, 0.15) is 18.1 Å². The van der Waals surface area contributed by atoms with Gasteiger partial charge in [0.25, 0.3) is 0 Å². The first-order chi connectivity index (χ1) is 12.6. The van der Waals surface area contributed by atoms with Crippen LogP contribution in [0.25, 0.3) is 6.08 Å². The van der Waals surface area contributed by atoms with Crippen LogP contribution in [0.2, 0.25) is 5.02 Å². The first-order valence-electron chi connectivity index (χ1n) is 7.81. The minimum absolute atomic E-state index is 0.144. The van der Waals surface area contributed by atoms with Crippen molar-refractivity contribution in [1.29, 1.82) is 0 Å². The van der Waals surface area contributed by atoms with E-state index in [0.29, 0.717) is 34.3 Å². The van der Waals surface area contributed by atoms with Gasteiger partial charge in [0, 0.05) is 10.6 Å². The number of methoxy groups -OCH3 is 1. The van der Waals surface area contributed by atoms with Gasteiger partial charge in [-0.15, -0.1) is 0 Å². The van der Waals surface area contributed by atoms with E-state index < -0.39 is 5.97 Å². The molecule has 0 radical (unpaired) electrons. The lowest BCUT2D eigenvalue weighted by Gasteiger charge is -2.07. The summed E-state index contributed by atoms with van der Waals surface area (Å²) in [5, 5.41) is 0.486. The van der Waals surface area contributed by atoms with Crippen LogP contribution in [0.4, 0.5) is 0 Å². The van der Waals surface area contributed by atoms with Crippen molar-refractivity contribution in [3.63, 3.8) is 0 Å². The van der Waals surface area contributed by atoms with Gasteiger partial charge in [-0.1, -0.05) is 42.5 Å². The molecule has 0 unspecified atom stereocenters. The molecule has 2 aromatic rings. The van der Waals surface area contributed by atoms with E-state index in [-0.39, 0.29) is 11.6 Å². The van der Waals surface area contributed by atoms with E-state index in [4.69, 9.17) is 25.8 Å². The molecule has 0 aliphatic carbocycles. The number of hydrogen-bond donors (Lipinski definition) is 0. The Morgan fingerprint density at radius 1 is 1.23 bits per heavy atom. The maximum absolute atomic E-state index is 12.2. The Bertz CT molecular complexity index is 918. The van der Waals surface area contributed by atoms with E-state index in [0.717, 1.165) is 0 Å².